The van der Waals surface area contributed by atoms with Gasteiger partial charge in [0.15, 0.2) is 0 Å². The normalized spacial score (nSPS) is 16.9. The molecule has 0 radical (unpaired) electrons. The third-order valence-corrected chi connectivity index (χ3v) is 7.96. The first kappa shape index (κ1) is 26.0. The van der Waals surface area contributed by atoms with Gasteiger partial charge < -0.3 is 10.1 Å². The van der Waals surface area contributed by atoms with E-state index in [1.807, 2.05) is 38.1 Å². The van der Waals surface area contributed by atoms with Crippen molar-refractivity contribution in [3.05, 3.63) is 59.7 Å². The number of benzene rings is 2. The maximum atomic E-state index is 13.0. The topological polar surface area (TPSA) is 75.7 Å². The Morgan fingerprint density at radius 1 is 1.09 bits per heavy atom. The molecular formula is C24H29F3N2O4S. The number of nitrogens with one attached hydrogen (secondary N) is 1. The van der Waals surface area contributed by atoms with Crippen LogP contribution in [0.3, 0.4) is 0 Å². The van der Waals surface area contributed by atoms with E-state index in [2.05, 4.69) is 5.32 Å². The summed E-state index contributed by atoms with van der Waals surface area (Å²) in [6.07, 6.45) is -4.05. The van der Waals surface area contributed by atoms with E-state index in [0.29, 0.717) is 11.8 Å². The number of piperidine rings is 1. The lowest BCUT2D eigenvalue weighted by molar-refractivity contribution is -0.137. The molecule has 10 heteroatoms. The van der Waals surface area contributed by atoms with Crippen LogP contribution in [0.2, 0.25) is 0 Å². The van der Waals surface area contributed by atoms with Crippen LogP contribution in [0.25, 0.3) is 0 Å². The summed E-state index contributed by atoms with van der Waals surface area (Å²) >= 11 is 0. The van der Waals surface area contributed by atoms with Gasteiger partial charge >= 0.3 is 6.18 Å². The highest BCUT2D eigenvalue weighted by atomic mass is 32.2. The molecule has 1 aliphatic heterocycles. The van der Waals surface area contributed by atoms with E-state index in [0.717, 1.165) is 28.1 Å². The number of halogens is 3. The van der Waals surface area contributed by atoms with Crippen molar-refractivity contribution < 1.29 is 31.1 Å². The average Bonchev–Trinajstić information content (AvgIpc) is 2.82. The second-order valence-corrected chi connectivity index (χ2v) is 10.6. The van der Waals surface area contributed by atoms with Gasteiger partial charge in [-0.2, -0.15) is 17.5 Å². The van der Waals surface area contributed by atoms with Gasteiger partial charge in [0.05, 0.1) is 23.6 Å². The predicted molar refractivity (Wildman–Crippen MR) is 122 cm³/mol. The third kappa shape index (κ3) is 5.90. The van der Waals surface area contributed by atoms with Gasteiger partial charge in [-0.3, -0.25) is 4.79 Å². The van der Waals surface area contributed by atoms with Crippen LogP contribution in [-0.2, 0) is 21.0 Å². The van der Waals surface area contributed by atoms with Crippen molar-refractivity contribution in [1.29, 1.82) is 0 Å². The second kappa shape index (κ2) is 10.4. The first-order chi connectivity index (χ1) is 15.9. The minimum Gasteiger partial charge on any atom is -0.497 e. The average molecular weight is 499 g/mol. The Labute approximate surface area is 198 Å². The van der Waals surface area contributed by atoms with E-state index >= 15 is 0 Å². The van der Waals surface area contributed by atoms with E-state index in [1.54, 1.807) is 7.11 Å². The first-order valence-corrected chi connectivity index (χ1v) is 12.5. The molecule has 1 heterocycles. The molecule has 3 rings (SSSR count). The first-order valence-electron chi connectivity index (χ1n) is 11.0. The molecule has 0 saturated carbocycles. The number of amides is 1. The van der Waals surface area contributed by atoms with E-state index in [1.165, 1.54) is 0 Å². The van der Waals surface area contributed by atoms with Gasteiger partial charge in [-0.05, 0) is 54.7 Å². The van der Waals surface area contributed by atoms with Crippen molar-refractivity contribution in [2.75, 3.05) is 20.2 Å². The van der Waals surface area contributed by atoms with Gasteiger partial charge in [-0.1, -0.05) is 32.0 Å². The Morgan fingerprint density at radius 3 is 2.24 bits per heavy atom. The number of carbonyl (C=O) groups excluding carboxylic acids is 1. The maximum absolute atomic E-state index is 13.0. The van der Waals surface area contributed by atoms with Crippen molar-refractivity contribution in [3.8, 4) is 5.75 Å². The fourth-order valence-corrected chi connectivity index (χ4v) is 5.57. The lowest BCUT2D eigenvalue weighted by Crippen LogP contribution is -2.44. The van der Waals surface area contributed by atoms with E-state index in [9.17, 15) is 26.4 Å². The monoisotopic (exact) mass is 498 g/mol. The van der Waals surface area contributed by atoms with Crippen LogP contribution < -0.4 is 10.1 Å². The quantitative estimate of drug-likeness (QED) is 0.604. The molecule has 2 aromatic carbocycles. The predicted octanol–water partition coefficient (Wildman–Crippen LogP) is 4.63. The highest BCUT2D eigenvalue weighted by Crippen LogP contribution is 2.32. The van der Waals surface area contributed by atoms with Crippen LogP contribution in [0.1, 0.15) is 43.9 Å². The molecule has 0 spiro atoms. The zero-order chi connectivity index (χ0) is 25.1. The number of methoxy groups -OCH3 is 1. The Morgan fingerprint density at radius 2 is 1.71 bits per heavy atom. The minimum absolute atomic E-state index is 0.0611. The molecule has 2 aromatic rings. The fraction of sp³-hybridized carbons (Fsp3) is 0.458. The smallest absolute Gasteiger partial charge is 0.416 e. The van der Waals surface area contributed by atoms with Gasteiger partial charge in [0, 0.05) is 19.0 Å². The van der Waals surface area contributed by atoms with Crippen molar-refractivity contribution in [3.63, 3.8) is 0 Å². The molecule has 186 valence electrons. The van der Waals surface area contributed by atoms with Crippen molar-refractivity contribution in [1.82, 2.24) is 9.62 Å². The van der Waals surface area contributed by atoms with Gasteiger partial charge in [0.25, 0.3) is 0 Å². The zero-order valence-electron chi connectivity index (χ0n) is 19.3. The summed E-state index contributed by atoms with van der Waals surface area (Å²) in [5.41, 5.74) is -0.0743. The summed E-state index contributed by atoms with van der Waals surface area (Å²) in [5, 5.41) is 3.08. The number of alkyl halides is 3. The van der Waals surface area contributed by atoms with E-state index in [4.69, 9.17) is 4.74 Å². The molecule has 1 saturated heterocycles. The summed E-state index contributed by atoms with van der Waals surface area (Å²) in [6.45, 7) is 4.12. The number of ether oxygens (including phenoxy) is 1. The summed E-state index contributed by atoms with van der Waals surface area (Å²) < 4.78 is 71.1. The fourth-order valence-electron chi connectivity index (χ4n) is 4.06. The standard InChI is InChI=1S/C24H29F3N2O4S/c1-16(2)22(17-7-9-20(33-3)10-8-17)28-23(30)18-11-13-29(14-12-18)34(31,32)21-6-4-5-19(15-21)24(25,26)27/h4-10,15-16,18,22H,11-14H2,1-3H3,(H,28,30). The molecule has 1 fully saturated rings. The molecule has 6 nitrogen and oxygen atoms in total. The summed E-state index contributed by atoms with van der Waals surface area (Å²) in [4.78, 5) is 12.6. The highest BCUT2D eigenvalue weighted by Gasteiger charge is 2.35. The number of hydrogen-bond donors (Lipinski definition) is 1. The van der Waals surface area contributed by atoms with Crippen LogP contribution in [0.15, 0.2) is 53.4 Å². The lowest BCUT2D eigenvalue weighted by Gasteiger charge is -2.32. The Kier molecular flexibility index (Phi) is 7.92. The molecule has 1 unspecified atom stereocenters. The Hall–Kier alpha value is -2.59. The summed E-state index contributed by atoms with van der Waals surface area (Å²) in [6, 6.07) is 11.0. The van der Waals surface area contributed by atoms with Gasteiger partial charge in [-0.15, -0.1) is 0 Å². The van der Waals surface area contributed by atoms with Crippen LogP contribution in [0.5, 0.6) is 5.75 Å². The van der Waals surface area contributed by atoms with Gasteiger partial charge in [0.2, 0.25) is 15.9 Å². The van der Waals surface area contributed by atoms with Gasteiger partial charge in [0.1, 0.15) is 5.75 Å². The highest BCUT2D eigenvalue weighted by molar-refractivity contribution is 7.89. The molecule has 1 aliphatic rings. The molecule has 34 heavy (non-hydrogen) atoms. The van der Waals surface area contributed by atoms with Gasteiger partial charge in [-0.25, -0.2) is 8.42 Å². The van der Waals surface area contributed by atoms with Crippen molar-refractivity contribution in [2.45, 2.75) is 43.8 Å². The number of carbonyl (C=O) groups is 1. The largest absolute Gasteiger partial charge is 0.497 e. The minimum atomic E-state index is -4.63. The number of nitrogens with zero attached hydrogens (tertiary/aromatic N) is 1. The molecule has 1 N–H and O–H groups in total. The number of sulfonamides is 1. The molecule has 1 atom stereocenters. The van der Waals surface area contributed by atoms with E-state index < -0.39 is 26.7 Å². The lowest BCUT2D eigenvalue weighted by atomic mass is 9.92. The van der Waals surface area contributed by atoms with Crippen LogP contribution in [0.4, 0.5) is 13.2 Å². The number of rotatable bonds is 7. The maximum Gasteiger partial charge on any atom is 0.416 e. The van der Waals surface area contributed by atoms with E-state index in [-0.39, 0.29) is 49.7 Å². The van der Waals surface area contributed by atoms with Crippen LogP contribution in [-0.4, -0.2) is 38.8 Å². The van der Waals surface area contributed by atoms with Crippen LogP contribution in [0, 0.1) is 11.8 Å². The molecule has 1 amide bonds. The van der Waals surface area contributed by atoms with Crippen molar-refractivity contribution in [2.24, 2.45) is 11.8 Å². The second-order valence-electron chi connectivity index (χ2n) is 8.71. The van der Waals surface area contributed by atoms with Crippen LogP contribution >= 0.6 is 0 Å². The summed E-state index contributed by atoms with van der Waals surface area (Å²) in [5.74, 6) is 0.295. The number of hydrogen-bond acceptors (Lipinski definition) is 4. The third-order valence-electron chi connectivity index (χ3n) is 6.06. The molecular weight excluding hydrogens is 469 g/mol. The Balaban J connectivity index is 1.65. The molecule has 0 aromatic heterocycles. The molecule has 0 bridgehead atoms. The molecule has 0 aliphatic carbocycles. The van der Waals surface area contributed by atoms with Crippen molar-refractivity contribution >= 4 is 15.9 Å². The summed E-state index contributed by atoms with van der Waals surface area (Å²) in [7, 11) is -2.51. The Bertz CT molecular complexity index is 1090. The zero-order valence-corrected chi connectivity index (χ0v) is 20.1. The SMILES string of the molecule is COc1ccc(C(NC(=O)C2CCN(S(=O)(=O)c3cccc(C(F)(F)F)c3)CC2)C(C)C)cc1.